The monoisotopic (exact) mass is 424 g/mol. The minimum atomic E-state index is -0.661. The van der Waals surface area contributed by atoms with Crippen LogP contribution in [0.25, 0.3) is 12.2 Å². The highest BCUT2D eigenvalue weighted by atomic mass is 16.5. The molecule has 0 amide bonds. The van der Waals surface area contributed by atoms with E-state index in [2.05, 4.69) is 0 Å². The fourth-order valence-corrected chi connectivity index (χ4v) is 2.75. The third-order valence-electron chi connectivity index (χ3n) is 4.40. The number of rotatable bonds is 10. The van der Waals surface area contributed by atoms with Crippen molar-refractivity contribution in [3.05, 3.63) is 76.6 Å². The minimum Gasteiger partial charge on any atom is -0.507 e. The number of hydrogen-bond acceptors (Lipinski definition) is 7. The first kappa shape index (κ1) is 23.4. The summed E-state index contributed by atoms with van der Waals surface area (Å²) in [4.78, 5) is 23.8. The molecule has 0 aromatic heterocycles. The number of ketones is 1. The van der Waals surface area contributed by atoms with Gasteiger partial charge in [-0.25, -0.2) is 0 Å². The third kappa shape index (κ3) is 6.07. The highest BCUT2D eigenvalue weighted by molar-refractivity contribution is 6.19. The number of aliphatic hydroxyl groups excluding tert-OH is 2. The molecular formula is C24H24O7. The van der Waals surface area contributed by atoms with Gasteiger partial charge in [0.2, 0.25) is 0 Å². The van der Waals surface area contributed by atoms with Gasteiger partial charge in [0.25, 0.3) is 0 Å². The summed E-state index contributed by atoms with van der Waals surface area (Å²) in [6.07, 6.45) is 5.75. The van der Waals surface area contributed by atoms with Gasteiger partial charge in [0.05, 0.1) is 27.9 Å². The number of ether oxygens (including phenoxy) is 3. The van der Waals surface area contributed by atoms with Crippen molar-refractivity contribution in [1.29, 1.82) is 0 Å². The largest absolute Gasteiger partial charge is 0.507 e. The second kappa shape index (κ2) is 11.4. The van der Waals surface area contributed by atoms with Crippen molar-refractivity contribution in [3.63, 3.8) is 0 Å². The van der Waals surface area contributed by atoms with E-state index in [0.717, 1.165) is 0 Å². The Morgan fingerprint density at radius 3 is 2.03 bits per heavy atom. The van der Waals surface area contributed by atoms with E-state index in [-0.39, 0.29) is 12.2 Å². The van der Waals surface area contributed by atoms with Crippen LogP contribution in [0.3, 0.4) is 0 Å². The summed E-state index contributed by atoms with van der Waals surface area (Å²) in [5, 5.41) is 19.6. The molecule has 2 aromatic rings. The topological polar surface area (TPSA) is 102 Å². The van der Waals surface area contributed by atoms with E-state index in [1.165, 1.54) is 45.6 Å². The SMILES string of the molecule is COc1ccc(/C=C/C(=O)/C(C=O)=C(O)/C=C/c2ccc(OC)c(OC)c2)cc1CO. The Hall–Kier alpha value is -3.84. The molecule has 0 aliphatic heterocycles. The quantitative estimate of drug-likeness (QED) is 0.150. The highest BCUT2D eigenvalue weighted by Crippen LogP contribution is 2.28. The van der Waals surface area contributed by atoms with E-state index in [4.69, 9.17) is 14.2 Å². The summed E-state index contributed by atoms with van der Waals surface area (Å²) in [7, 11) is 4.52. The van der Waals surface area contributed by atoms with Gasteiger partial charge in [0, 0.05) is 5.56 Å². The maximum atomic E-state index is 12.4. The highest BCUT2D eigenvalue weighted by Gasteiger charge is 2.11. The van der Waals surface area contributed by atoms with Gasteiger partial charge in [-0.15, -0.1) is 0 Å². The molecule has 31 heavy (non-hydrogen) atoms. The Bertz CT molecular complexity index is 1030. The number of aliphatic hydroxyl groups is 2. The second-order valence-electron chi connectivity index (χ2n) is 6.29. The zero-order chi connectivity index (χ0) is 22.8. The van der Waals surface area contributed by atoms with Crippen LogP contribution in [0.15, 0.2) is 59.9 Å². The summed E-state index contributed by atoms with van der Waals surface area (Å²) in [5.41, 5.74) is 1.48. The molecule has 0 fully saturated rings. The summed E-state index contributed by atoms with van der Waals surface area (Å²) >= 11 is 0. The van der Waals surface area contributed by atoms with Gasteiger partial charge in [0.1, 0.15) is 17.1 Å². The van der Waals surface area contributed by atoms with E-state index in [0.29, 0.717) is 40.2 Å². The smallest absolute Gasteiger partial charge is 0.192 e. The Morgan fingerprint density at radius 1 is 0.871 bits per heavy atom. The molecule has 2 aromatic carbocycles. The first-order valence-electron chi connectivity index (χ1n) is 9.26. The number of carbonyl (C=O) groups is 2. The zero-order valence-corrected chi connectivity index (χ0v) is 17.5. The lowest BCUT2D eigenvalue weighted by Gasteiger charge is -2.07. The molecule has 0 aliphatic carbocycles. The van der Waals surface area contributed by atoms with Crippen molar-refractivity contribution in [2.75, 3.05) is 21.3 Å². The fourth-order valence-electron chi connectivity index (χ4n) is 2.75. The molecule has 162 valence electrons. The van der Waals surface area contributed by atoms with Crippen LogP contribution in [0.4, 0.5) is 0 Å². The van der Waals surface area contributed by atoms with E-state index >= 15 is 0 Å². The van der Waals surface area contributed by atoms with Crippen LogP contribution in [-0.4, -0.2) is 43.6 Å². The maximum Gasteiger partial charge on any atom is 0.192 e. The first-order chi connectivity index (χ1) is 15.0. The lowest BCUT2D eigenvalue weighted by Crippen LogP contribution is -2.03. The normalized spacial score (nSPS) is 12.0. The average molecular weight is 424 g/mol. The van der Waals surface area contributed by atoms with Gasteiger partial charge in [-0.3, -0.25) is 9.59 Å². The summed E-state index contributed by atoms with van der Waals surface area (Å²) in [6.45, 7) is -0.222. The molecule has 0 spiro atoms. The number of hydrogen-bond donors (Lipinski definition) is 2. The maximum absolute atomic E-state index is 12.4. The molecule has 2 rings (SSSR count). The molecule has 0 saturated heterocycles. The second-order valence-corrected chi connectivity index (χ2v) is 6.29. The molecule has 2 N–H and O–H groups in total. The fraction of sp³-hybridized carbons (Fsp3) is 0.167. The minimum absolute atomic E-state index is 0.222. The molecule has 7 heteroatoms. The van der Waals surface area contributed by atoms with Crippen molar-refractivity contribution < 1.29 is 34.0 Å². The molecule has 0 heterocycles. The lowest BCUT2D eigenvalue weighted by atomic mass is 10.1. The van der Waals surface area contributed by atoms with Crippen LogP contribution in [0, 0.1) is 0 Å². The standard InChI is InChI=1S/C24H24O7/c1-29-22-10-6-16(12-18(22)14-25)4-8-20(27)19(15-26)21(28)9-5-17-7-11-23(30-2)24(13-17)31-3/h4-13,15,25,28H,14H2,1-3H3/b8-4+,9-5+,21-19-. The molecule has 0 unspecified atom stereocenters. The molecule has 7 nitrogen and oxygen atoms in total. The van der Waals surface area contributed by atoms with Gasteiger partial charge in [0.15, 0.2) is 23.6 Å². The molecule has 0 bridgehead atoms. The summed E-state index contributed by atoms with van der Waals surface area (Å²) in [5.74, 6) is 0.453. The molecular weight excluding hydrogens is 400 g/mol. The van der Waals surface area contributed by atoms with E-state index < -0.39 is 11.5 Å². The first-order valence-corrected chi connectivity index (χ1v) is 9.26. The number of carbonyl (C=O) groups excluding carboxylic acids is 2. The van der Waals surface area contributed by atoms with Crippen LogP contribution in [-0.2, 0) is 16.2 Å². The van der Waals surface area contributed by atoms with Crippen LogP contribution < -0.4 is 14.2 Å². The lowest BCUT2D eigenvalue weighted by molar-refractivity contribution is -0.114. The number of methoxy groups -OCH3 is 3. The van der Waals surface area contributed by atoms with Crippen molar-refractivity contribution in [3.8, 4) is 17.2 Å². The molecule has 0 aliphatic rings. The summed E-state index contributed by atoms with van der Waals surface area (Å²) < 4.78 is 15.5. The van der Waals surface area contributed by atoms with Gasteiger partial charge in [-0.05, 0) is 47.5 Å². The van der Waals surface area contributed by atoms with Gasteiger partial charge < -0.3 is 24.4 Å². The molecule has 0 saturated carbocycles. The van der Waals surface area contributed by atoms with Crippen molar-refractivity contribution in [1.82, 2.24) is 0 Å². The number of allylic oxidation sites excluding steroid dienone is 3. The van der Waals surface area contributed by atoms with Crippen LogP contribution >= 0.6 is 0 Å². The predicted molar refractivity (Wildman–Crippen MR) is 117 cm³/mol. The number of aldehydes is 1. The van der Waals surface area contributed by atoms with Gasteiger partial charge >= 0.3 is 0 Å². The molecule has 0 atom stereocenters. The Morgan fingerprint density at radius 2 is 1.45 bits per heavy atom. The van der Waals surface area contributed by atoms with E-state index in [9.17, 15) is 19.8 Å². The predicted octanol–water partition coefficient (Wildman–Crippen LogP) is 3.51. The van der Waals surface area contributed by atoms with Gasteiger partial charge in [-0.1, -0.05) is 24.3 Å². The Labute approximate surface area is 180 Å². The van der Waals surface area contributed by atoms with E-state index in [1.54, 1.807) is 36.4 Å². The third-order valence-corrected chi connectivity index (χ3v) is 4.40. The average Bonchev–Trinajstić information content (AvgIpc) is 2.81. The van der Waals surface area contributed by atoms with Gasteiger partial charge in [-0.2, -0.15) is 0 Å². The van der Waals surface area contributed by atoms with Crippen molar-refractivity contribution in [2.24, 2.45) is 0 Å². The zero-order valence-electron chi connectivity index (χ0n) is 17.5. The number of benzene rings is 2. The van der Waals surface area contributed by atoms with Crippen molar-refractivity contribution >= 4 is 24.2 Å². The Kier molecular flexibility index (Phi) is 8.60. The van der Waals surface area contributed by atoms with Crippen LogP contribution in [0.2, 0.25) is 0 Å². The summed E-state index contributed by atoms with van der Waals surface area (Å²) in [6, 6.07) is 10.1. The molecule has 0 radical (unpaired) electrons. The van der Waals surface area contributed by atoms with Crippen molar-refractivity contribution in [2.45, 2.75) is 6.61 Å². The van der Waals surface area contributed by atoms with Crippen LogP contribution in [0.5, 0.6) is 17.2 Å². The van der Waals surface area contributed by atoms with E-state index in [1.807, 2.05) is 0 Å². The Balaban J connectivity index is 2.23. The van der Waals surface area contributed by atoms with Crippen LogP contribution in [0.1, 0.15) is 16.7 Å².